The summed E-state index contributed by atoms with van der Waals surface area (Å²) in [7, 11) is -1.52. The highest BCUT2D eigenvalue weighted by molar-refractivity contribution is 7.91. The van der Waals surface area contributed by atoms with E-state index in [9.17, 15) is 18.0 Å². The van der Waals surface area contributed by atoms with E-state index in [1.165, 1.54) is 16.2 Å². The molecule has 140 valence electrons. The Morgan fingerprint density at radius 2 is 2.12 bits per heavy atom. The predicted octanol–water partition coefficient (Wildman–Crippen LogP) is 1.42. The lowest BCUT2D eigenvalue weighted by Crippen LogP contribution is -2.40. The van der Waals surface area contributed by atoms with Crippen LogP contribution in [0.4, 0.5) is 0 Å². The zero-order valence-corrected chi connectivity index (χ0v) is 16.0. The Balaban J connectivity index is 1.44. The second kappa shape index (κ2) is 7.71. The molecule has 1 amide bonds. The Kier molecular flexibility index (Phi) is 5.57. The number of benzene rings is 1. The summed E-state index contributed by atoms with van der Waals surface area (Å²) in [6.45, 7) is -0.369. The maximum absolute atomic E-state index is 12.1. The molecule has 0 radical (unpaired) electrons. The van der Waals surface area contributed by atoms with Gasteiger partial charge in [-0.05, 0) is 18.6 Å². The molecule has 7 nitrogen and oxygen atoms in total. The molecule has 26 heavy (non-hydrogen) atoms. The maximum Gasteiger partial charge on any atom is 0.306 e. The number of amides is 1. The summed E-state index contributed by atoms with van der Waals surface area (Å²) in [5.74, 6) is -0.789. The normalized spacial score (nSPS) is 18.7. The van der Waals surface area contributed by atoms with Crippen LogP contribution in [0, 0.1) is 0 Å². The van der Waals surface area contributed by atoms with E-state index in [2.05, 4.69) is 4.98 Å². The Hall–Kier alpha value is -2.00. The summed E-state index contributed by atoms with van der Waals surface area (Å²) in [6, 6.07) is 7.42. The van der Waals surface area contributed by atoms with Gasteiger partial charge in [0.15, 0.2) is 16.4 Å². The quantitative estimate of drug-likeness (QED) is 0.686. The number of esters is 1. The number of sulfone groups is 1. The van der Waals surface area contributed by atoms with Crippen LogP contribution in [0.2, 0.25) is 0 Å². The first-order valence-corrected chi connectivity index (χ1v) is 10.9. The van der Waals surface area contributed by atoms with E-state index in [-0.39, 0.29) is 36.5 Å². The Morgan fingerprint density at radius 1 is 1.35 bits per heavy atom. The average molecular weight is 396 g/mol. The summed E-state index contributed by atoms with van der Waals surface area (Å²) >= 11 is 1.53. The summed E-state index contributed by atoms with van der Waals surface area (Å²) in [5.41, 5.74) is 0.907. The molecule has 1 aliphatic heterocycles. The SMILES string of the molecule is CN(C(=O)COC(=O)CCc1nc2ccccc2s1)[C@@H]1CCS(=O)(=O)C1. The van der Waals surface area contributed by atoms with Crippen LogP contribution in [-0.2, 0) is 30.6 Å². The zero-order valence-electron chi connectivity index (χ0n) is 14.4. The summed E-state index contributed by atoms with van der Waals surface area (Å²) in [4.78, 5) is 29.8. The van der Waals surface area contributed by atoms with Gasteiger partial charge in [-0.25, -0.2) is 13.4 Å². The highest BCUT2D eigenvalue weighted by Crippen LogP contribution is 2.22. The van der Waals surface area contributed by atoms with Gasteiger partial charge in [0, 0.05) is 19.5 Å². The van der Waals surface area contributed by atoms with Crippen LogP contribution in [0.1, 0.15) is 17.8 Å². The molecule has 0 saturated carbocycles. The first kappa shape index (κ1) is 18.8. The number of carbonyl (C=O) groups excluding carboxylic acids is 2. The van der Waals surface area contributed by atoms with Gasteiger partial charge in [-0.2, -0.15) is 0 Å². The van der Waals surface area contributed by atoms with Gasteiger partial charge in [0.25, 0.3) is 5.91 Å². The van der Waals surface area contributed by atoms with E-state index in [4.69, 9.17) is 4.74 Å². The number of hydrogen-bond donors (Lipinski definition) is 0. The maximum atomic E-state index is 12.1. The highest BCUT2D eigenvalue weighted by atomic mass is 32.2. The number of aromatic nitrogens is 1. The lowest BCUT2D eigenvalue weighted by molar-refractivity contribution is -0.152. The molecule has 0 spiro atoms. The molecule has 1 atom stereocenters. The van der Waals surface area contributed by atoms with Crippen molar-refractivity contribution >= 4 is 43.3 Å². The van der Waals surface area contributed by atoms with Crippen molar-refractivity contribution < 1.29 is 22.7 Å². The van der Waals surface area contributed by atoms with Crippen LogP contribution in [0.15, 0.2) is 24.3 Å². The molecule has 3 rings (SSSR count). The number of hydrogen-bond acceptors (Lipinski definition) is 7. The molecule has 1 aromatic carbocycles. The first-order valence-electron chi connectivity index (χ1n) is 8.30. The minimum atomic E-state index is -3.06. The number of carbonyl (C=O) groups is 2. The van der Waals surface area contributed by atoms with Crippen molar-refractivity contribution in [3.05, 3.63) is 29.3 Å². The van der Waals surface area contributed by atoms with Gasteiger partial charge in [-0.3, -0.25) is 9.59 Å². The number of ether oxygens (including phenoxy) is 1. The standard InChI is InChI=1S/C17H20N2O5S2/c1-19(12-8-9-26(22,23)11-12)16(20)10-24-17(21)7-6-15-18-13-4-2-3-5-14(13)25-15/h2-5,12H,6-11H2,1H3/t12-/m1/s1. The molecule has 1 fully saturated rings. The lowest BCUT2D eigenvalue weighted by atomic mass is 10.2. The first-order chi connectivity index (χ1) is 12.3. The Bertz CT molecular complexity index is 889. The third-order valence-corrected chi connectivity index (χ3v) is 7.23. The minimum absolute atomic E-state index is 0.0270. The number of rotatable bonds is 6. The molecule has 1 saturated heterocycles. The summed E-state index contributed by atoms with van der Waals surface area (Å²) in [5, 5.41) is 0.850. The third kappa shape index (κ3) is 4.59. The largest absolute Gasteiger partial charge is 0.456 e. The van der Waals surface area contributed by atoms with Crippen LogP contribution in [-0.4, -0.2) is 61.4 Å². The van der Waals surface area contributed by atoms with Gasteiger partial charge in [-0.1, -0.05) is 12.1 Å². The number of nitrogens with zero attached hydrogens (tertiary/aromatic N) is 2. The lowest BCUT2D eigenvalue weighted by Gasteiger charge is -2.23. The van der Waals surface area contributed by atoms with Gasteiger partial charge >= 0.3 is 5.97 Å². The Morgan fingerprint density at radius 3 is 2.81 bits per heavy atom. The van der Waals surface area contributed by atoms with Crippen LogP contribution in [0.25, 0.3) is 10.2 Å². The third-order valence-electron chi connectivity index (χ3n) is 4.39. The van der Waals surface area contributed by atoms with E-state index in [1.54, 1.807) is 7.05 Å². The summed E-state index contributed by atoms with van der Waals surface area (Å²) in [6.07, 6.45) is 1.04. The molecule has 1 aliphatic rings. The Labute approximate surface area is 155 Å². The van der Waals surface area contributed by atoms with Gasteiger partial charge in [0.2, 0.25) is 0 Å². The number of likely N-dealkylation sites (N-methyl/N-ethyl adjacent to an activating group) is 1. The average Bonchev–Trinajstić information content (AvgIpc) is 3.19. The molecule has 2 aromatic rings. The molecule has 9 heteroatoms. The number of para-hydroxylation sites is 1. The van der Waals surface area contributed by atoms with Crippen LogP contribution in [0.3, 0.4) is 0 Å². The smallest absolute Gasteiger partial charge is 0.306 e. The van der Waals surface area contributed by atoms with Crippen molar-refractivity contribution in [1.82, 2.24) is 9.88 Å². The minimum Gasteiger partial charge on any atom is -0.456 e. The van der Waals surface area contributed by atoms with Crippen LogP contribution in [0.5, 0.6) is 0 Å². The fraction of sp³-hybridized carbons (Fsp3) is 0.471. The van der Waals surface area contributed by atoms with Crippen molar-refractivity contribution in [2.45, 2.75) is 25.3 Å². The number of thiazole rings is 1. The molecular formula is C17H20N2O5S2. The fourth-order valence-corrected chi connectivity index (χ4v) is 5.58. The topological polar surface area (TPSA) is 93.6 Å². The molecule has 2 heterocycles. The van der Waals surface area contributed by atoms with E-state index in [0.717, 1.165) is 15.2 Å². The van der Waals surface area contributed by atoms with Crippen LogP contribution >= 0.6 is 11.3 Å². The highest BCUT2D eigenvalue weighted by Gasteiger charge is 2.32. The van der Waals surface area contributed by atoms with Gasteiger partial charge in [0.05, 0.1) is 33.2 Å². The van der Waals surface area contributed by atoms with E-state index >= 15 is 0 Å². The number of aryl methyl sites for hydroxylation is 1. The van der Waals surface area contributed by atoms with E-state index in [0.29, 0.717) is 12.8 Å². The molecule has 0 bridgehead atoms. The van der Waals surface area contributed by atoms with Gasteiger partial charge in [0.1, 0.15) is 0 Å². The van der Waals surface area contributed by atoms with Crippen molar-refractivity contribution in [3.63, 3.8) is 0 Å². The van der Waals surface area contributed by atoms with Crippen LogP contribution < -0.4 is 0 Å². The second-order valence-corrected chi connectivity index (χ2v) is 9.64. The number of fused-ring (bicyclic) bond motifs is 1. The molecular weight excluding hydrogens is 376 g/mol. The van der Waals surface area contributed by atoms with E-state index < -0.39 is 15.8 Å². The van der Waals surface area contributed by atoms with Crippen molar-refractivity contribution in [1.29, 1.82) is 0 Å². The second-order valence-electron chi connectivity index (χ2n) is 6.30. The fourth-order valence-electron chi connectivity index (χ4n) is 2.84. The summed E-state index contributed by atoms with van der Waals surface area (Å²) < 4.78 is 29.1. The molecule has 0 unspecified atom stereocenters. The molecule has 0 N–H and O–H groups in total. The predicted molar refractivity (Wildman–Crippen MR) is 98.7 cm³/mol. The van der Waals surface area contributed by atoms with Gasteiger partial charge < -0.3 is 9.64 Å². The van der Waals surface area contributed by atoms with Crippen molar-refractivity contribution in [3.8, 4) is 0 Å². The monoisotopic (exact) mass is 396 g/mol. The van der Waals surface area contributed by atoms with Crippen molar-refractivity contribution in [2.24, 2.45) is 0 Å². The van der Waals surface area contributed by atoms with Crippen molar-refractivity contribution in [2.75, 3.05) is 25.2 Å². The van der Waals surface area contributed by atoms with Gasteiger partial charge in [-0.15, -0.1) is 11.3 Å². The zero-order chi connectivity index (χ0) is 18.7. The molecule has 1 aromatic heterocycles. The van der Waals surface area contributed by atoms with E-state index in [1.807, 2.05) is 24.3 Å². The molecule has 0 aliphatic carbocycles.